The molecule has 0 amide bonds. The van der Waals surface area contributed by atoms with Gasteiger partial charge in [0.2, 0.25) is 5.95 Å². The molecular formula is C11H18N4O. The molecule has 0 aliphatic carbocycles. The lowest BCUT2D eigenvalue weighted by Gasteiger charge is -2.16. The molecule has 0 aromatic carbocycles. The van der Waals surface area contributed by atoms with Crippen LogP contribution in [0.2, 0.25) is 0 Å². The molecule has 0 spiro atoms. The fourth-order valence-corrected chi connectivity index (χ4v) is 1.93. The van der Waals surface area contributed by atoms with E-state index in [1.165, 1.54) is 0 Å². The molecule has 16 heavy (non-hydrogen) atoms. The Bertz CT molecular complexity index is 369. The first kappa shape index (κ1) is 11.3. The summed E-state index contributed by atoms with van der Waals surface area (Å²) in [5.41, 5.74) is 7.56. The van der Waals surface area contributed by atoms with Crippen molar-refractivity contribution in [3.05, 3.63) is 17.5 Å². The fraction of sp³-hybridized carbons (Fsp3) is 0.636. The Morgan fingerprint density at radius 3 is 3.00 bits per heavy atom. The monoisotopic (exact) mass is 222 g/mol. The van der Waals surface area contributed by atoms with Crippen molar-refractivity contribution in [3.63, 3.8) is 0 Å². The zero-order valence-corrected chi connectivity index (χ0v) is 9.81. The number of ether oxygens (including phenoxy) is 1. The fourth-order valence-electron chi connectivity index (χ4n) is 1.93. The Balaban J connectivity index is 2.13. The molecule has 0 radical (unpaired) electrons. The van der Waals surface area contributed by atoms with E-state index in [2.05, 4.69) is 14.9 Å². The molecule has 2 N–H and O–H groups in total. The van der Waals surface area contributed by atoms with Crippen LogP contribution in [0.15, 0.2) is 6.20 Å². The molecule has 2 heterocycles. The van der Waals surface area contributed by atoms with E-state index < -0.39 is 0 Å². The molecular weight excluding hydrogens is 204 g/mol. The second-order valence-electron chi connectivity index (χ2n) is 4.08. The summed E-state index contributed by atoms with van der Waals surface area (Å²) in [6.45, 7) is 4.29. The number of methoxy groups -OCH3 is 1. The summed E-state index contributed by atoms with van der Waals surface area (Å²) < 4.78 is 5.32. The largest absolute Gasteiger partial charge is 0.380 e. The lowest BCUT2D eigenvalue weighted by Crippen LogP contribution is -2.24. The lowest BCUT2D eigenvalue weighted by molar-refractivity contribution is 0.121. The minimum absolute atomic E-state index is 0.304. The highest BCUT2D eigenvalue weighted by Gasteiger charge is 2.24. The Hall–Kier alpha value is -1.20. The molecule has 88 valence electrons. The lowest BCUT2D eigenvalue weighted by atomic mass is 10.2. The third kappa shape index (κ3) is 2.15. The predicted octanol–water partition coefficient (Wildman–Crippen LogP) is 0.469. The normalized spacial score (nSPS) is 20.4. The van der Waals surface area contributed by atoms with Crippen molar-refractivity contribution in [3.8, 4) is 0 Å². The molecule has 1 aromatic rings. The van der Waals surface area contributed by atoms with Gasteiger partial charge in [0, 0.05) is 44.2 Å². The van der Waals surface area contributed by atoms with Gasteiger partial charge >= 0.3 is 0 Å². The maximum Gasteiger partial charge on any atom is 0.225 e. The molecule has 0 bridgehead atoms. The van der Waals surface area contributed by atoms with E-state index in [0.717, 1.165) is 36.7 Å². The molecule has 1 fully saturated rings. The molecule has 0 saturated carbocycles. The number of aromatic nitrogens is 2. The highest BCUT2D eigenvalue weighted by Crippen LogP contribution is 2.18. The third-order valence-corrected chi connectivity index (χ3v) is 3.05. The average molecular weight is 222 g/mol. The van der Waals surface area contributed by atoms with E-state index >= 15 is 0 Å². The first-order chi connectivity index (χ1) is 7.74. The van der Waals surface area contributed by atoms with Gasteiger partial charge in [-0.25, -0.2) is 9.97 Å². The van der Waals surface area contributed by atoms with E-state index in [1.54, 1.807) is 7.11 Å². The smallest absolute Gasteiger partial charge is 0.225 e. The number of hydrogen-bond acceptors (Lipinski definition) is 5. The van der Waals surface area contributed by atoms with E-state index in [9.17, 15) is 0 Å². The maximum absolute atomic E-state index is 5.58. The molecule has 1 aromatic heterocycles. The van der Waals surface area contributed by atoms with Crippen LogP contribution < -0.4 is 10.6 Å². The zero-order chi connectivity index (χ0) is 11.5. The standard InChI is InChI=1S/C11H18N4O/c1-8-9(5-12)6-13-11(14-8)15-4-3-10(7-15)16-2/h6,10H,3-5,7,12H2,1-2H3. The molecule has 1 aliphatic rings. The van der Waals surface area contributed by atoms with Gasteiger partial charge in [0.1, 0.15) is 0 Å². The van der Waals surface area contributed by atoms with Gasteiger partial charge in [-0.15, -0.1) is 0 Å². The van der Waals surface area contributed by atoms with Crippen LogP contribution in [0, 0.1) is 6.92 Å². The van der Waals surface area contributed by atoms with Gasteiger partial charge in [0.15, 0.2) is 0 Å². The number of nitrogens with two attached hydrogens (primary N) is 1. The van der Waals surface area contributed by atoms with E-state index in [-0.39, 0.29) is 0 Å². The molecule has 5 heteroatoms. The van der Waals surface area contributed by atoms with Crippen LogP contribution in [0.4, 0.5) is 5.95 Å². The molecule has 1 aliphatic heterocycles. The first-order valence-corrected chi connectivity index (χ1v) is 5.55. The first-order valence-electron chi connectivity index (χ1n) is 5.55. The highest BCUT2D eigenvalue weighted by atomic mass is 16.5. The second-order valence-corrected chi connectivity index (χ2v) is 4.08. The summed E-state index contributed by atoms with van der Waals surface area (Å²) in [5, 5.41) is 0. The maximum atomic E-state index is 5.58. The van der Waals surface area contributed by atoms with Crippen LogP contribution in [0.5, 0.6) is 0 Å². The van der Waals surface area contributed by atoms with E-state index in [0.29, 0.717) is 12.6 Å². The number of rotatable bonds is 3. The van der Waals surface area contributed by atoms with Crippen molar-refractivity contribution in [1.82, 2.24) is 9.97 Å². The molecule has 2 rings (SSSR count). The summed E-state index contributed by atoms with van der Waals surface area (Å²) in [5.74, 6) is 0.786. The van der Waals surface area contributed by atoms with Gasteiger partial charge in [0.25, 0.3) is 0 Å². The Morgan fingerprint density at radius 2 is 2.44 bits per heavy atom. The Labute approximate surface area is 95.6 Å². The van der Waals surface area contributed by atoms with Crippen LogP contribution in [0.3, 0.4) is 0 Å². The van der Waals surface area contributed by atoms with Crippen molar-refractivity contribution in [1.29, 1.82) is 0 Å². The van der Waals surface area contributed by atoms with Crippen molar-refractivity contribution in [2.45, 2.75) is 26.0 Å². The molecule has 5 nitrogen and oxygen atoms in total. The number of anilines is 1. The van der Waals surface area contributed by atoms with Crippen molar-refractivity contribution in [2.24, 2.45) is 5.73 Å². The average Bonchev–Trinajstić information content (AvgIpc) is 2.77. The summed E-state index contributed by atoms with van der Waals surface area (Å²) in [4.78, 5) is 11.0. The molecule has 1 unspecified atom stereocenters. The van der Waals surface area contributed by atoms with Gasteiger partial charge < -0.3 is 15.4 Å². The van der Waals surface area contributed by atoms with Crippen molar-refractivity contribution in [2.75, 3.05) is 25.1 Å². The Kier molecular flexibility index (Phi) is 3.36. The summed E-state index contributed by atoms with van der Waals surface area (Å²) in [7, 11) is 1.75. The zero-order valence-electron chi connectivity index (χ0n) is 9.81. The van der Waals surface area contributed by atoms with Crippen LogP contribution in [0.1, 0.15) is 17.7 Å². The SMILES string of the molecule is COC1CCN(c2ncc(CN)c(C)n2)C1. The van der Waals surface area contributed by atoms with Crippen molar-refractivity contribution >= 4 is 5.95 Å². The number of aryl methyl sites for hydroxylation is 1. The van der Waals surface area contributed by atoms with E-state index in [1.807, 2.05) is 13.1 Å². The predicted molar refractivity (Wildman–Crippen MR) is 62.3 cm³/mol. The topological polar surface area (TPSA) is 64.3 Å². The summed E-state index contributed by atoms with van der Waals surface area (Å²) in [6.07, 6.45) is 3.16. The van der Waals surface area contributed by atoms with Gasteiger partial charge in [0.05, 0.1) is 6.10 Å². The number of nitrogens with zero attached hydrogens (tertiary/aromatic N) is 3. The summed E-state index contributed by atoms with van der Waals surface area (Å²) in [6, 6.07) is 0. The van der Waals surface area contributed by atoms with E-state index in [4.69, 9.17) is 10.5 Å². The molecule has 1 atom stereocenters. The minimum atomic E-state index is 0.304. The van der Waals surface area contributed by atoms with Crippen LogP contribution in [-0.2, 0) is 11.3 Å². The van der Waals surface area contributed by atoms with Gasteiger partial charge in [-0.3, -0.25) is 0 Å². The Morgan fingerprint density at radius 1 is 1.62 bits per heavy atom. The van der Waals surface area contributed by atoms with Crippen LogP contribution in [0.25, 0.3) is 0 Å². The third-order valence-electron chi connectivity index (χ3n) is 3.05. The number of hydrogen-bond donors (Lipinski definition) is 1. The van der Waals surface area contributed by atoms with Gasteiger partial charge in [-0.1, -0.05) is 0 Å². The molecule has 1 saturated heterocycles. The minimum Gasteiger partial charge on any atom is -0.380 e. The van der Waals surface area contributed by atoms with Gasteiger partial charge in [-0.2, -0.15) is 0 Å². The second kappa shape index (κ2) is 4.76. The van der Waals surface area contributed by atoms with Crippen LogP contribution in [-0.4, -0.2) is 36.3 Å². The quantitative estimate of drug-likeness (QED) is 0.805. The summed E-state index contributed by atoms with van der Waals surface area (Å²) >= 11 is 0. The van der Waals surface area contributed by atoms with Gasteiger partial charge in [-0.05, 0) is 13.3 Å². The highest BCUT2D eigenvalue weighted by molar-refractivity contribution is 5.34. The van der Waals surface area contributed by atoms with Crippen LogP contribution >= 0.6 is 0 Å². The van der Waals surface area contributed by atoms with Crippen molar-refractivity contribution < 1.29 is 4.74 Å².